The van der Waals surface area contributed by atoms with E-state index in [-0.39, 0.29) is 11.5 Å². The number of amides is 1. The number of nitrogens with one attached hydrogen (secondary N) is 2. The molecule has 0 aliphatic carbocycles. The number of aromatic amines is 1. The van der Waals surface area contributed by atoms with Crippen molar-refractivity contribution in [3.05, 3.63) is 53.3 Å². The van der Waals surface area contributed by atoms with Gasteiger partial charge in [-0.15, -0.1) is 0 Å². The minimum absolute atomic E-state index is 0.290. The number of rotatable bonds is 3. The Morgan fingerprint density at radius 3 is 3.05 bits per heavy atom. The quantitative estimate of drug-likeness (QED) is 0.676. The highest BCUT2D eigenvalue weighted by Crippen LogP contribution is 2.20. The molecule has 7 nitrogen and oxygen atoms in total. The number of anilines is 1. The third-order valence-electron chi connectivity index (χ3n) is 3.29. The molecule has 3 aromatic rings. The van der Waals surface area contributed by atoms with Crippen LogP contribution < -0.4 is 11.1 Å². The van der Waals surface area contributed by atoms with Gasteiger partial charge in [-0.2, -0.15) is 10.4 Å². The third-order valence-corrected chi connectivity index (χ3v) is 3.29. The zero-order chi connectivity index (χ0) is 15.5. The summed E-state index contributed by atoms with van der Waals surface area (Å²) in [4.78, 5) is 16.5. The molecular formula is C15H12N6O. The van der Waals surface area contributed by atoms with Gasteiger partial charge in [0.2, 0.25) is 0 Å². The van der Waals surface area contributed by atoms with Gasteiger partial charge < -0.3 is 11.1 Å². The Hall–Kier alpha value is -3.24. The maximum absolute atomic E-state index is 12.4. The Morgan fingerprint density at radius 1 is 1.41 bits per heavy atom. The van der Waals surface area contributed by atoms with Crippen molar-refractivity contribution in [3.63, 3.8) is 0 Å². The number of H-pyrrole nitrogens is 1. The highest BCUT2D eigenvalue weighted by molar-refractivity contribution is 6.09. The molecule has 7 heteroatoms. The molecule has 0 aliphatic rings. The van der Waals surface area contributed by atoms with E-state index >= 15 is 0 Å². The number of nitrogens with two attached hydrogens (primary N) is 1. The maximum Gasteiger partial charge on any atom is 0.257 e. The lowest BCUT2D eigenvalue weighted by molar-refractivity contribution is 0.102. The van der Waals surface area contributed by atoms with E-state index in [1.165, 1.54) is 0 Å². The van der Waals surface area contributed by atoms with Crippen LogP contribution in [-0.2, 0) is 6.54 Å². The zero-order valence-corrected chi connectivity index (χ0v) is 11.5. The van der Waals surface area contributed by atoms with E-state index in [2.05, 4.69) is 20.5 Å². The topological polar surface area (TPSA) is 120 Å². The Labute approximate surface area is 125 Å². The molecule has 3 rings (SSSR count). The van der Waals surface area contributed by atoms with Crippen molar-refractivity contribution in [2.75, 3.05) is 5.32 Å². The van der Waals surface area contributed by atoms with Crippen LogP contribution in [0.5, 0.6) is 0 Å². The SMILES string of the molecule is N#Cc1cc(CN)ccc1C(=O)Nc1ccnc2[nH]ncc12. The average molecular weight is 292 g/mol. The van der Waals surface area contributed by atoms with Crippen LogP contribution in [0.4, 0.5) is 5.69 Å². The Balaban J connectivity index is 1.95. The van der Waals surface area contributed by atoms with Gasteiger partial charge in [0.1, 0.15) is 0 Å². The van der Waals surface area contributed by atoms with Gasteiger partial charge in [0.15, 0.2) is 5.65 Å². The molecule has 1 aromatic carbocycles. The number of pyridine rings is 1. The Kier molecular flexibility index (Phi) is 3.52. The normalized spacial score (nSPS) is 10.4. The molecule has 108 valence electrons. The summed E-state index contributed by atoms with van der Waals surface area (Å²) in [5, 5.41) is 19.3. The van der Waals surface area contributed by atoms with Crippen molar-refractivity contribution < 1.29 is 4.79 Å². The first-order chi connectivity index (χ1) is 10.7. The van der Waals surface area contributed by atoms with Gasteiger partial charge in [-0.3, -0.25) is 9.89 Å². The molecule has 22 heavy (non-hydrogen) atoms. The van der Waals surface area contributed by atoms with E-state index in [9.17, 15) is 10.1 Å². The Morgan fingerprint density at radius 2 is 2.27 bits per heavy atom. The van der Waals surface area contributed by atoms with Gasteiger partial charge in [0, 0.05) is 12.7 Å². The number of carbonyl (C=O) groups is 1. The summed E-state index contributed by atoms with van der Waals surface area (Å²) in [6.07, 6.45) is 3.15. The molecule has 2 aromatic heterocycles. The van der Waals surface area contributed by atoms with Crippen LogP contribution in [0.15, 0.2) is 36.7 Å². The van der Waals surface area contributed by atoms with Crippen molar-refractivity contribution >= 4 is 22.6 Å². The van der Waals surface area contributed by atoms with Crippen molar-refractivity contribution in [2.24, 2.45) is 5.73 Å². The van der Waals surface area contributed by atoms with Crippen LogP contribution in [0.25, 0.3) is 11.0 Å². The van der Waals surface area contributed by atoms with Gasteiger partial charge in [-0.1, -0.05) is 6.07 Å². The molecule has 0 atom stereocenters. The fraction of sp³-hybridized carbons (Fsp3) is 0.0667. The lowest BCUT2D eigenvalue weighted by Gasteiger charge is -2.08. The second-order valence-corrected chi connectivity index (χ2v) is 4.64. The number of fused-ring (bicyclic) bond motifs is 1. The minimum atomic E-state index is -0.367. The number of hydrogen-bond acceptors (Lipinski definition) is 5. The second kappa shape index (κ2) is 5.63. The number of aromatic nitrogens is 3. The van der Waals surface area contributed by atoms with Gasteiger partial charge in [0.05, 0.1) is 34.5 Å². The lowest BCUT2D eigenvalue weighted by atomic mass is 10.0. The fourth-order valence-corrected chi connectivity index (χ4v) is 2.16. The first kappa shape index (κ1) is 13.7. The standard InChI is InChI=1S/C15H12N6O/c16-6-9-1-2-11(10(5-9)7-17)15(22)20-13-3-4-18-14-12(13)8-19-21-14/h1-5,8H,6,16H2,(H2,18,19,20,21,22). The monoisotopic (exact) mass is 292 g/mol. The molecule has 0 bridgehead atoms. The Bertz CT molecular complexity index is 892. The summed E-state index contributed by atoms with van der Waals surface area (Å²) in [6.45, 7) is 0.316. The van der Waals surface area contributed by atoms with E-state index in [4.69, 9.17) is 5.73 Å². The number of nitriles is 1. The molecule has 0 unspecified atom stereocenters. The van der Waals surface area contributed by atoms with Gasteiger partial charge in [-0.25, -0.2) is 4.98 Å². The summed E-state index contributed by atoms with van der Waals surface area (Å²) < 4.78 is 0. The van der Waals surface area contributed by atoms with E-state index < -0.39 is 0 Å². The van der Waals surface area contributed by atoms with Crippen LogP contribution >= 0.6 is 0 Å². The first-order valence-electron chi connectivity index (χ1n) is 6.55. The third kappa shape index (κ3) is 2.39. The van der Waals surface area contributed by atoms with Crippen LogP contribution in [0.1, 0.15) is 21.5 Å². The van der Waals surface area contributed by atoms with Crippen LogP contribution in [0, 0.1) is 11.3 Å². The number of hydrogen-bond donors (Lipinski definition) is 3. The fourth-order valence-electron chi connectivity index (χ4n) is 2.16. The lowest BCUT2D eigenvalue weighted by Crippen LogP contribution is -2.14. The van der Waals surface area contributed by atoms with Gasteiger partial charge in [-0.05, 0) is 23.8 Å². The molecule has 0 radical (unpaired) electrons. The van der Waals surface area contributed by atoms with Crippen molar-refractivity contribution in [1.82, 2.24) is 15.2 Å². The summed E-state index contributed by atoms with van der Waals surface area (Å²) >= 11 is 0. The summed E-state index contributed by atoms with van der Waals surface area (Å²) in [7, 11) is 0. The van der Waals surface area contributed by atoms with Gasteiger partial charge in [0.25, 0.3) is 5.91 Å². The largest absolute Gasteiger partial charge is 0.326 e. The number of carbonyl (C=O) groups excluding carboxylic acids is 1. The van der Waals surface area contributed by atoms with E-state index in [1.807, 2.05) is 6.07 Å². The molecular weight excluding hydrogens is 280 g/mol. The van der Waals surface area contributed by atoms with Crippen molar-refractivity contribution in [2.45, 2.75) is 6.54 Å². The van der Waals surface area contributed by atoms with E-state index in [1.54, 1.807) is 36.7 Å². The molecule has 0 fully saturated rings. The molecule has 1 amide bonds. The summed E-state index contributed by atoms with van der Waals surface area (Å²) in [6, 6.07) is 8.65. The van der Waals surface area contributed by atoms with Crippen LogP contribution in [0.3, 0.4) is 0 Å². The number of nitrogens with zero attached hydrogens (tertiary/aromatic N) is 3. The summed E-state index contributed by atoms with van der Waals surface area (Å²) in [5.74, 6) is -0.367. The molecule has 0 spiro atoms. The van der Waals surface area contributed by atoms with Gasteiger partial charge >= 0.3 is 0 Å². The molecule has 0 saturated heterocycles. The molecule has 0 saturated carbocycles. The highest BCUT2D eigenvalue weighted by atomic mass is 16.1. The van der Waals surface area contributed by atoms with E-state index in [0.717, 1.165) is 5.56 Å². The zero-order valence-electron chi connectivity index (χ0n) is 11.5. The van der Waals surface area contributed by atoms with Crippen molar-refractivity contribution in [1.29, 1.82) is 5.26 Å². The molecule has 4 N–H and O–H groups in total. The van der Waals surface area contributed by atoms with E-state index in [0.29, 0.717) is 28.8 Å². The number of benzene rings is 1. The summed E-state index contributed by atoms with van der Waals surface area (Å²) in [5.41, 5.74) is 8.09. The highest BCUT2D eigenvalue weighted by Gasteiger charge is 2.14. The van der Waals surface area contributed by atoms with Crippen LogP contribution in [-0.4, -0.2) is 21.1 Å². The first-order valence-corrected chi connectivity index (χ1v) is 6.55. The second-order valence-electron chi connectivity index (χ2n) is 4.64. The smallest absolute Gasteiger partial charge is 0.257 e. The predicted octanol–water partition coefficient (Wildman–Crippen LogP) is 1.54. The maximum atomic E-state index is 12.4. The predicted molar refractivity (Wildman–Crippen MR) is 80.9 cm³/mol. The van der Waals surface area contributed by atoms with Crippen LogP contribution in [0.2, 0.25) is 0 Å². The average Bonchev–Trinajstić information content (AvgIpc) is 3.03. The molecule has 0 aliphatic heterocycles. The van der Waals surface area contributed by atoms with Crippen molar-refractivity contribution in [3.8, 4) is 6.07 Å². The molecule has 2 heterocycles. The minimum Gasteiger partial charge on any atom is -0.326 e.